The summed E-state index contributed by atoms with van der Waals surface area (Å²) in [7, 11) is 0. The maximum absolute atomic E-state index is 11.9. The molecule has 19 heavy (non-hydrogen) atoms. The van der Waals surface area contributed by atoms with Crippen LogP contribution in [-0.2, 0) is 4.74 Å². The Morgan fingerprint density at radius 2 is 2.32 bits per heavy atom. The summed E-state index contributed by atoms with van der Waals surface area (Å²) >= 11 is 5.82. The quantitative estimate of drug-likeness (QED) is 0.835. The molecule has 3 N–H and O–H groups in total. The summed E-state index contributed by atoms with van der Waals surface area (Å²) in [5.41, 5.74) is 6.63. The number of benzene rings is 1. The van der Waals surface area contributed by atoms with Crippen molar-refractivity contribution in [2.75, 3.05) is 18.9 Å². The number of carbonyl (C=O) groups excluding carboxylic acids is 1. The number of nitrogens with two attached hydrogens (primary N) is 1. The number of anilines is 1. The molecule has 1 saturated heterocycles. The molecular weight excluding hydrogens is 264 g/mol. The van der Waals surface area contributed by atoms with Gasteiger partial charge in [-0.15, -0.1) is 0 Å². The van der Waals surface area contributed by atoms with Crippen molar-refractivity contribution in [3.05, 3.63) is 28.8 Å². The number of ether oxygens (including phenoxy) is 1. The highest BCUT2D eigenvalue weighted by atomic mass is 35.5. The molecule has 0 bridgehead atoms. The first-order valence-electron chi connectivity index (χ1n) is 6.61. The van der Waals surface area contributed by atoms with E-state index in [4.69, 9.17) is 22.1 Å². The molecule has 1 aliphatic heterocycles. The molecule has 1 atom stereocenters. The molecule has 1 amide bonds. The minimum absolute atomic E-state index is 0.126. The minimum Gasteiger partial charge on any atom is -0.398 e. The summed E-state index contributed by atoms with van der Waals surface area (Å²) in [6.45, 7) is 1.46. The van der Waals surface area contributed by atoms with Crippen LogP contribution >= 0.6 is 11.6 Å². The van der Waals surface area contributed by atoms with E-state index in [9.17, 15) is 4.79 Å². The fourth-order valence-electron chi connectivity index (χ4n) is 2.17. The van der Waals surface area contributed by atoms with Crippen LogP contribution in [0.4, 0.5) is 5.69 Å². The second-order valence-electron chi connectivity index (χ2n) is 4.77. The SMILES string of the molecule is Nc1cc(C(=O)NCCC2CCCCO2)ccc1Cl. The van der Waals surface area contributed by atoms with Crippen LogP contribution in [0, 0.1) is 0 Å². The standard InChI is InChI=1S/C14H19ClN2O2/c15-12-5-4-10(9-13(12)16)14(18)17-7-6-11-3-1-2-8-19-11/h4-5,9,11H,1-3,6-8,16H2,(H,17,18). The molecule has 1 fully saturated rings. The van der Waals surface area contributed by atoms with E-state index in [2.05, 4.69) is 5.32 Å². The Balaban J connectivity index is 1.78. The van der Waals surface area contributed by atoms with E-state index in [1.165, 1.54) is 6.42 Å². The van der Waals surface area contributed by atoms with Crippen molar-refractivity contribution in [3.63, 3.8) is 0 Å². The third kappa shape index (κ3) is 4.11. The number of halogens is 1. The predicted molar refractivity (Wildman–Crippen MR) is 76.4 cm³/mol. The fourth-order valence-corrected chi connectivity index (χ4v) is 2.29. The Labute approximate surface area is 118 Å². The predicted octanol–water partition coefficient (Wildman–Crippen LogP) is 2.61. The van der Waals surface area contributed by atoms with Crippen LogP contribution in [0.25, 0.3) is 0 Å². The van der Waals surface area contributed by atoms with Gasteiger partial charge in [0, 0.05) is 18.7 Å². The van der Waals surface area contributed by atoms with Crippen LogP contribution in [0.1, 0.15) is 36.0 Å². The highest BCUT2D eigenvalue weighted by Gasteiger charge is 2.14. The van der Waals surface area contributed by atoms with Gasteiger partial charge in [0.15, 0.2) is 0 Å². The summed E-state index contributed by atoms with van der Waals surface area (Å²) in [5.74, 6) is -0.126. The van der Waals surface area contributed by atoms with Crippen LogP contribution in [0.2, 0.25) is 5.02 Å². The summed E-state index contributed by atoms with van der Waals surface area (Å²) in [6.07, 6.45) is 4.59. The highest BCUT2D eigenvalue weighted by Crippen LogP contribution is 2.19. The van der Waals surface area contributed by atoms with Gasteiger partial charge in [-0.05, 0) is 43.9 Å². The zero-order valence-electron chi connectivity index (χ0n) is 10.8. The number of nitrogens with one attached hydrogen (secondary N) is 1. The number of nitrogen functional groups attached to an aromatic ring is 1. The Kier molecular flexibility index (Phi) is 5.05. The van der Waals surface area contributed by atoms with Crippen molar-refractivity contribution in [1.82, 2.24) is 5.32 Å². The van der Waals surface area contributed by atoms with Gasteiger partial charge in [0.05, 0.1) is 16.8 Å². The van der Waals surface area contributed by atoms with Gasteiger partial charge in [0.25, 0.3) is 5.91 Å². The Morgan fingerprint density at radius 3 is 3.00 bits per heavy atom. The molecule has 4 nitrogen and oxygen atoms in total. The zero-order chi connectivity index (χ0) is 13.7. The molecule has 0 aromatic heterocycles. The molecule has 1 aromatic carbocycles. The van der Waals surface area contributed by atoms with Crippen molar-refractivity contribution in [1.29, 1.82) is 0 Å². The molecule has 2 rings (SSSR count). The molecule has 5 heteroatoms. The molecule has 0 radical (unpaired) electrons. The van der Waals surface area contributed by atoms with Crippen LogP contribution in [0.3, 0.4) is 0 Å². The number of rotatable bonds is 4. The van der Waals surface area contributed by atoms with Gasteiger partial charge >= 0.3 is 0 Å². The van der Waals surface area contributed by atoms with Crippen molar-refractivity contribution in [2.45, 2.75) is 31.8 Å². The molecule has 1 heterocycles. The maximum atomic E-state index is 11.9. The van der Waals surface area contributed by atoms with Gasteiger partial charge in [0.2, 0.25) is 0 Å². The minimum atomic E-state index is -0.126. The smallest absolute Gasteiger partial charge is 0.251 e. The van der Waals surface area contributed by atoms with Gasteiger partial charge in [-0.25, -0.2) is 0 Å². The summed E-state index contributed by atoms with van der Waals surface area (Å²) in [5, 5.41) is 3.34. The topological polar surface area (TPSA) is 64.4 Å². The average Bonchev–Trinajstić information content (AvgIpc) is 2.43. The van der Waals surface area contributed by atoms with Crippen molar-refractivity contribution >= 4 is 23.2 Å². The van der Waals surface area contributed by atoms with E-state index in [1.54, 1.807) is 18.2 Å². The van der Waals surface area contributed by atoms with Gasteiger partial charge in [-0.1, -0.05) is 11.6 Å². The number of carbonyl (C=O) groups is 1. The third-order valence-electron chi connectivity index (χ3n) is 3.28. The molecule has 104 valence electrons. The largest absolute Gasteiger partial charge is 0.398 e. The fraction of sp³-hybridized carbons (Fsp3) is 0.500. The third-order valence-corrected chi connectivity index (χ3v) is 3.63. The van der Waals surface area contributed by atoms with Crippen LogP contribution < -0.4 is 11.1 Å². The highest BCUT2D eigenvalue weighted by molar-refractivity contribution is 6.33. The van der Waals surface area contributed by atoms with Gasteiger partial charge in [0.1, 0.15) is 0 Å². The Morgan fingerprint density at radius 1 is 1.47 bits per heavy atom. The van der Waals surface area contributed by atoms with Gasteiger partial charge in [-0.2, -0.15) is 0 Å². The van der Waals surface area contributed by atoms with Gasteiger partial charge in [-0.3, -0.25) is 4.79 Å². The van der Waals surface area contributed by atoms with E-state index in [0.717, 1.165) is 25.9 Å². The van der Waals surface area contributed by atoms with Gasteiger partial charge < -0.3 is 15.8 Å². The lowest BCUT2D eigenvalue weighted by Crippen LogP contribution is -2.29. The van der Waals surface area contributed by atoms with E-state index < -0.39 is 0 Å². The Bertz CT molecular complexity index is 445. The molecule has 1 unspecified atom stereocenters. The van der Waals surface area contributed by atoms with Crippen LogP contribution in [-0.4, -0.2) is 25.2 Å². The van der Waals surface area contributed by atoms with E-state index >= 15 is 0 Å². The maximum Gasteiger partial charge on any atom is 0.251 e. The van der Waals surface area contributed by atoms with Crippen LogP contribution in [0.15, 0.2) is 18.2 Å². The zero-order valence-corrected chi connectivity index (χ0v) is 11.6. The van der Waals surface area contributed by atoms with Crippen molar-refractivity contribution < 1.29 is 9.53 Å². The number of amides is 1. The molecular formula is C14H19ClN2O2. The number of hydrogen-bond donors (Lipinski definition) is 2. The monoisotopic (exact) mass is 282 g/mol. The summed E-state index contributed by atoms with van der Waals surface area (Å²) in [6, 6.07) is 4.90. The normalized spacial score (nSPS) is 19.1. The molecule has 1 aliphatic rings. The van der Waals surface area contributed by atoms with E-state index in [1.807, 2.05) is 0 Å². The first-order valence-corrected chi connectivity index (χ1v) is 6.99. The second-order valence-corrected chi connectivity index (χ2v) is 5.18. The summed E-state index contributed by atoms with van der Waals surface area (Å²) < 4.78 is 5.61. The Hall–Kier alpha value is -1.26. The lowest BCUT2D eigenvalue weighted by atomic mass is 10.1. The molecule has 0 saturated carbocycles. The van der Waals surface area contributed by atoms with Crippen LogP contribution in [0.5, 0.6) is 0 Å². The second kappa shape index (κ2) is 6.78. The lowest BCUT2D eigenvalue weighted by Gasteiger charge is -2.22. The molecule has 0 spiro atoms. The number of hydrogen-bond acceptors (Lipinski definition) is 3. The van der Waals surface area contributed by atoms with E-state index in [0.29, 0.717) is 22.8 Å². The summed E-state index contributed by atoms with van der Waals surface area (Å²) in [4.78, 5) is 11.9. The first kappa shape index (κ1) is 14.2. The van der Waals surface area contributed by atoms with Crippen molar-refractivity contribution in [2.24, 2.45) is 0 Å². The molecule has 1 aromatic rings. The lowest BCUT2D eigenvalue weighted by molar-refractivity contribution is 0.0117. The molecule has 0 aliphatic carbocycles. The van der Waals surface area contributed by atoms with E-state index in [-0.39, 0.29) is 12.0 Å². The van der Waals surface area contributed by atoms with Crippen molar-refractivity contribution in [3.8, 4) is 0 Å². The first-order chi connectivity index (χ1) is 9.16. The average molecular weight is 283 g/mol.